The Morgan fingerprint density at radius 2 is 2.67 bits per heavy atom. The average molecular weight is 260 g/mol. The number of rotatable bonds is 0. The monoisotopic (exact) mass is 261 g/mol. The third-order valence-electron chi connectivity index (χ3n) is 0.375. The van der Waals surface area contributed by atoms with Crippen molar-refractivity contribution in [2.45, 2.75) is 0 Å². The Hall–Kier alpha value is -0.211. The average Bonchev–Trinajstić information content (AvgIpc) is 1.86. The van der Waals surface area contributed by atoms with Crippen molar-refractivity contribution in [3.8, 4) is 0 Å². The van der Waals surface area contributed by atoms with Gasteiger partial charge in [-0.3, -0.25) is 0 Å². The van der Waals surface area contributed by atoms with Crippen LogP contribution >= 0.6 is 0 Å². The Bertz CT molecular complexity index is 112. The quantitative estimate of drug-likeness (QED) is 0.648. The van der Waals surface area contributed by atoms with Gasteiger partial charge in [-0.1, -0.05) is 0 Å². The summed E-state index contributed by atoms with van der Waals surface area (Å²) in [6.45, 7) is 0. The van der Waals surface area contributed by atoms with E-state index in [1.165, 1.54) is 0 Å². The topological polar surface area (TPSA) is 41.6 Å². The van der Waals surface area contributed by atoms with Crippen molar-refractivity contribution in [3.05, 3.63) is 6.33 Å². The normalized spacial score (nSPS) is 9.00. The molecule has 0 fully saturated rings. The zero-order valence-corrected chi connectivity index (χ0v) is 5.20. The number of aromatic nitrogens is 3. The van der Waals surface area contributed by atoms with E-state index >= 15 is 0 Å². The van der Waals surface area contributed by atoms with Gasteiger partial charge in [0.2, 0.25) is 0 Å². The van der Waals surface area contributed by atoms with E-state index in [0.29, 0.717) is 0 Å². The first kappa shape index (κ1) is 3.96. The summed E-state index contributed by atoms with van der Waals surface area (Å²) in [6, 6.07) is 0. The Labute approximate surface area is 45.3 Å². The summed E-state index contributed by atoms with van der Waals surface area (Å²) in [5.41, 5.74) is 0. The van der Waals surface area contributed by atoms with E-state index < -0.39 is 0 Å². The van der Waals surface area contributed by atoms with Crippen LogP contribution in [0.2, 0.25) is 0 Å². The second kappa shape index (κ2) is 1.49. The molecule has 0 saturated carbocycles. The molecule has 1 heterocycles. The molecule has 1 aromatic rings. The first-order chi connectivity index (χ1) is 2.89. The number of hydrogen-bond acceptors (Lipinski definition) is 2. The van der Waals surface area contributed by atoms with Crippen LogP contribution in [0, 0.1) is 0 Å². The predicted octanol–water partition coefficient (Wildman–Crippen LogP) is -1.02. The van der Waals surface area contributed by atoms with Crippen LogP contribution in [0.15, 0.2) is 6.33 Å². The molecular formula is C2H2IrN3. The third kappa shape index (κ3) is 0.640. The molecule has 0 spiro atoms. The maximum atomic E-state index is 3.75. The fraction of sp³-hybridized carbons (Fsp3) is 0. The van der Waals surface area contributed by atoms with Gasteiger partial charge in [-0.2, -0.15) is 0 Å². The molecule has 1 N–H and O–H groups in total. The zero-order chi connectivity index (χ0) is 4.41. The molecule has 1 aromatic heterocycles. The van der Waals surface area contributed by atoms with Crippen LogP contribution in [0.4, 0.5) is 0 Å². The van der Waals surface area contributed by atoms with Gasteiger partial charge in [0.1, 0.15) is 0 Å². The van der Waals surface area contributed by atoms with Gasteiger partial charge in [0.25, 0.3) is 0 Å². The third-order valence-corrected chi connectivity index (χ3v) is 0.952. The molecular weight excluding hydrogens is 258 g/mol. The van der Waals surface area contributed by atoms with Gasteiger partial charge < -0.3 is 0 Å². The molecule has 0 aromatic carbocycles. The minimum atomic E-state index is 0.787. The molecule has 4 heteroatoms. The van der Waals surface area contributed by atoms with Crippen molar-refractivity contribution < 1.29 is 18.9 Å². The van der Waals surface area contributed by atoms with Crippen molar-refractivity contribution in [1.82, 2.24) is 15.2 Å². The van der Waals surface area contributed by atoms with E-state index in [0.717, 1.165) is 4.34 Å². The minimum absolute atomic E-state index is 0.787. The van der Waals surface area contributed by atoms with E-state index in [2.05, 4.69) is 15.2 Å². The Morgan fingerprint density at radius 3 is 2.83 bits per heavy atom. The van der Waals surface area contributed by atoms with Crippen LogP contribution in [-0.4, -0.2) is 15.2 Å². The number of nitrogens with one attached hydrogen (secondary N) is 1. The second-order valence-corrected chi connectivity index (χ2v) is 1.82. The molecule has 3 nitrogen and oxygen atoms in total. The molecule has 6 heavy (non-hydrogen) atoms. The maximum absolute atomic E-state index is 3.75. The van der Waals surface area contributed by atoms with Gasteiger partial charge >= 0.3 is 44.7 Å². The Morgan fingerprint density at radius 1 is 1.83 bits per heavy atom. The molecule has 0 unspecified atom stereocenters. The molecule has 0 aliphatic carbocycles. The van der Waals surface area contributed by atoms with Crippen LogP contribution in [-0.2, 0) is 18.9 Å². The fourth-order valence-electron chi connectivity index (χ4n) is 0.187. The SMILES string of the molecule is [Ir][c]1nc[nH]n1. The van der Waals surface area contributed by atoms with Crippen molar-refractivity contribution in [3.63, 3.8) is 0 Å². The zero-order valence-electron chi connectivity index (χ0n) is 2.81. The van der Waals surface area contributed by atoms with Crippen LogP contribution in [0.5, 0.6) is 0 Å². The van der Waals surface area contributed by atoms with E-state index in [-0.39, 0.29) is 0 Å². The van der Waals surface area contributed by atoms with Crippen LogP contribution in [0.25, 0.3) is 0 Å². The van der Waals surface area contributed by atoms with Gasteiger partial charge in [0.15, 0.2) is 0 Å². The Kier molecular flexibility index (Phi) is 0.985. The number of nitrogens with zero attached hydrogens (tertiary/aromatic N) is 2. The van der Waals surface area contributed by atoms with Gasteiger partial charge in [-0.25, -0.2) is 0 Å². The molecule has 34 valence electrons. The van der Waals surface area contributed by atoms with E-state index in [4.69, 9.17) is 0 Å². The molecule has 0 saturated heterocycles. The summed E-state index contributed by atoms with van der Waals surface area (Å²) < 4.78 is 0.787. The summed E-state index contributed by atoms with van der Waals surface area (Å²) in [5.74, 6) is 0. The first-order valence-electron chi connectivity index (χ1n) is 1.38. The van der Waals surface area contributed by atoms with Crippen molar-refractivity contribution >= 4 is 4.34 Å². The van der Waals surface area contributed by atoms with Gasteiger partial charge in [-0.15, -0.1) is 0 Å². The number of H-pyrrole nitrogens is 1. The van der Waals surface area contributed by atoms with Crippen LogP contribution in [0.3, 0.4) is 0 Å². The van der Waals surface area contributed by atoms with Crippen molar-refractivity contribution in [2.75, 3.05) is 0 Å². The summed E-state index contributed by atoms with van der Waals surface area (Å²) in [7, 11) is 0. The predicted molar refractivity (Wildman–Crippen MR) is 16.0 cm³/mol. The molecule has 0 radical (unpaired) electrons. The first-order valence-corrected chi connectivity index (χ1v) is 2.58. The van der Waals surface area contributed by atoms with Gasteiger partial charge in [0.05, 0.1) is 0 Å². The molecule has 0 aliphatic heterocycles. The van der Waals surface area contributed by atoms with Gasteiger partial charge in [0, 0.05) is 0 Å². The van der Waals surface area contributed by atoms with Crippen LogP contribution in [0.1, 0.15) is 0 Å². The summed E-state index contributed by atoms with van der Waals surface area (Å²) in [6.07, 6.45) is 1.55. The summed E-state index contributed by atoms with van der Waals surface area (Å²) in [4.78, 5) is 3.75. The second-order valence-electron chi connectivity index (χ2n) is 0.748. The van der Waals surface area contributed by atoms with E-state index in [9.17, 15) is 0 Å². The van der Waals surface area contributed by atoms with E-state index in [1.54, 1.807) is 6.33 Å². The van der Waals surface area contributed by atoms with E-state index in [1.807, 2.05) is 18.9 Å². The van der Waals surface area contributed by atoms with Crippen molar-refractivity contribution in [2.24, 2.45) is 0 Å². The molecule has 0 atom stereocenters. The molecule has 1 rings (SSSR count). The summed E-state index contributed by atoms with van der Waals surface area (Å²) in [5, 5.41) is 6.25. The number of aromatic amines is 1. The molecule has 0 amide bonds. The molecule has 0 aliphatic rings. The number of hydrogen-bond donors (Lipinski definition) is 1. The van der Waals surface area contributed by atoms with Crippen LogP contribution < -0.4 is 4.34 Å². The Balaban J connectivity index is 3.05. The van der Waals surface area contributed by atoms with Gasteiger partial charge in [-0.05, 0) is 0 Å². The summed E-state index contributed by atoms with van der Waals surface area (Å²) >= 11 is 1.83. The standard InChI is InChI=1S/C2H2N3.Ir/c1-3-2-5-4-1;/h1H,(H,3,4,5);. The molecule has 0 bridgehead atoms. The fourth-order valence-corrected chi connectivity index (χ4v) is 0.497. The van der Waals surface area contributed by atoms with Crippen molar-refractivity contribution in [1.29, 1.82) is 0 Å².